The van der Waals surface area contributed by atoms with E-state index in [-0.39, 0.29) is 5.91 Å². The van der Waals surface area contributed by atoms with Crippen LogP contribution in [0.15, 0.2) is 73.1 Å². The Bertz CT molecular complexity index is 1190. The molecule has 2 aromatic heterocycles. The lowest BCUT2D eigenvalue weighted by Crippen LogP contribution is -2.27. The quantitative estimate of drug-likeness (QED) is 0.483. The molecule has 0 atom stereocenters. The van der Waals surface area contributed by atoms with Gasteiger partial charge in [0.15, 0.2) is 0 Å². The summed E-state index contributed by atoms with van der Waals surface area (Å²) >= 11 is 5.95. The van der Waals surface area contributed by atoms with Crippen molar-refractivity contribution in [3.8, 4) is 11.5 Å². The normalized spacial score (nSPS) is 12.9. The lowest BCUT2D eigenvalue weighted by Gasteiger charge is -2.17. The number of halogens is 1. The van der Waals surface area contributed by atoms with Gasteiger partial charge < -0.3 is 9.47 Å². The van der Waals surface area contributed by atoms with E-state index >= 15 is 0 Å². The minimum atomic E-state index is 0.0932. The average molecular weight is 417 g/mol. The molecule has 2 aromatic carbocycles. The number of hydrogen-bond donors (Lipinski definition) is 0. The average Bonchev–Trinajstić information content (AvgIpc) is 3.46. The first-order chi connectivity index (χ1) is 14.6. The van der Waals surface area contributed by atoms with Crippen LogP contribution in [-0.4, -0.2) is 25.2 Å². The van der Waals surface area contributed by atoms with Crippen LogP contribution in [0.5, 0.6) is 0 Å². The number of hydrogen-bond acceptors (Lipinski definition) is 2. The Labute approximate surface area is 180 Å². The summed E-state index contributed by atoms with van der Waals surface area (Å²) in [6, 6.07) is 19.8. The van der Waals surface area contributed by atoms with Crippen LogP contribution in [0, 0.1) is 6.92 Å². The zero-order valence-corrected chi connectivity index (χ0v) is 17.4. The Hall–Kier alpha value is -3.31. The molecule has 0 radical (unpaired) electrons. The zero-order valence-electron chi connectivity index (χ0n) is 16.6. The Kier molecular flexibility index (Phi) is 4.68. The largest absolute Gasteiger partial charge is 0.332 e. The molecule has 0 aliphatic carbocycles. The summed E-state index contributed by atoms with van der Waals surface area (Å²) in [5.41, 5.74) is 5.22. The first-order valence-electron chi connectivity index (χ1n) is 9.92. The molecule has 1 amide bonds. The molecule has 5 rings (SSSR count). The summed E-state index contributed by atoms with van der Waals surface area (Å²) in [4.78, 5) is 14.8. The van der Waals surface area contributed by atoms with Crippen LogP contribution in [0.25, 0.3) is 11.5 Å². The van der Waals surface area contributed by atoms with Gasteiger partial charge in [0.1, 0.15) is 5.82 Å². The molecule has 150 valence electrons. The SMILES string of the molecule is Cc1ccc(-n2nc3c(c2-n2cccc2)CN(C(=O)Cc2ccc(Cl)cc2)C3)cc1. The van der Waals surface area contributed by atoms with Gasteiger partial charge in [0, 0.05) is 23.0 Å². The summed E-state index contributed by atoms with van der Waals surface area (Å²) in [5, 5.41) is 5.56. The molecule has 0 bridgehead atoms. The van der Waals surface area contributed by atoms with Gasteiger partial charge in [0.2, 0.25) is 5.91 Å². The fourth-order valence-electron chi connectivity index (χ4n) is 3.87. The summed E-state index contributed by atoms with van der Waals surface area (Å²) in [7, 11) is 0. The maximum Gasteiger partial charge on any atom is 0.227 e. The van der Waals surface area contributed by atoms with Gasteiger partial charge >= 0.3 is 0 Å². The highest BCUT2D eigenvalue weighted by Crippen LogP contribution is 2.31. The second-order valence-electron chi connectivity index (χ2n) is 7.64. The Balaban J connectivity index is 1.45. The number of carbonyl (C=O) groups is 1. The van der Waals surface area contributed by atoms with Crippen molar-refractivity contribution in [2.24, 2.45) is 0 Å². The van der Waals surface area contributed by atoms with Gasteiger partial charge in [-0.3, -0.25) is 4.79 Å². The maximum absolute atomic E-state index is 12.9. The van der Waals surface area contributed by atoms with Crippen molar-refractivity contribution in [3.05, 3.63) is 100 Å². The third-order valence-electron chi connectivity index (χ3n) is 5.48. The minimum Gasteiger partial charge on any atom is -0.332 e. The Morgan fingerprint density at radius 1 is 1.00 bits per heavy atom. The van der Waals surface area contributed by atoms with Crippen LogP contribution < -0.4 is 0 Å². The van der Waals surface area contributed by atoms with Crippen molar-refractivity contribution in [2.75, 3.05) is 0 Å². The van der Waals surface area contributed by atoms with E-state index < -0.39 is 0 Å². The van der Waals surface area contributed by atoms with Crippen LogP contribution in [0.4, 0.5) is 0 Å². The van der Waals surface area contributed by atoms with Gasteiger partial charge in [-0.2, -0.15) is 5.10 Å². The Morgan fingerprint density at radius 3 is 2.40 bits per heavy atom. The van der Waals surface area contributed by atoms with Gasteiger partial charge in [-0.15, -0.1) is 0 Å². The van der Waals surface area contributed by atoms with E-state index in [4.69, 9.17) is 16.7 Å². The molecule has 0 spiro atoms. The van der Waals surface area contributed by atoms with E-state index in [1.165, 1.54) is 5.56 Å². The van der Waals surface area contributed by atoms with Crippen LogP contribution >= 0.6 is 11.6 Å². The predicted octanol–water partition coefficient (Wildman–Crippen LogP) is 4.71. The monoisotopic (exact) mass is 416 g/mol. The number of amides is 1. The third kappa shape index (κ3) is 3.42. The van der Waals surface area contributed by atoms with Crippen LogP contribution in [0.1, 0.15) is 22.4 Å². The number of fused-ring (bicyclic) bond motifs is 1. The number of rotatable bonds is 4. The lowest BCUT2D eigenvalue weighted by atomic mass is 10.1. The van der Waals surface area contributed by atoms with E-state index in [1.807, 2.05) is 58.4 Å². The summed E-state index contributed by atoms with van der Waals surface area (Å²) < 4.78 is 4.05. The molecular weight excluding hydrogens is 396 g/mol. The van der Waals surface area contributed by atoms with E-state index in [1.54, 1.807) is 0 Å². The fourth-order valence-corrected chi connectivity index (χ4v) is 4.00. The molecule has 30 heavy (non-hydrogen) atoms. The number of carbonyl (C=O) groups excluding carboxylic acids is 1. The summed E-state index contributed by atoms with van der Waals surface area (Å²) in [6.07, 6.45) is 4.39. The van der Waals surface area contributed by atoms with Gasteiger partial charge in [0.05, 0.1) is 30.9 Å². The molecule has 0 N–H and O–H groups in total. The smallest absolute Gasteiger partial charge is 0.227 e. The van der Waals surface area contributed by atoms with Crippen molar-refractivity contribution in [2.45, 2.75) is 26.4 Å². The van der Waals surface area contributed by atoms with Crippen molar-refractivity contribution in [1.29, 1.82) is 0 Å². The minimum absolute atomic E-state index is 0.0932. The fraction of sp³-hybridized carbons (Fsp3) is 0.167. The number of aryl methyl sites for hydroxylation is 1. The molecule has 1 aliphatic heterocycles. The third-order valence-corrected chi connectivity index (χ3v) is 5.73. The van der Waals surface area contributed by atoms with Gasteiger partial charge in [-0.05, 0) is 48.9 Å². The first kappa shape index (κ1) is 18.7. The van der Waals surface area contributed by atoms with Crippen LogP contribution in [0.3, 0.4) is 0 Å². The van der Waals surface area contributed by atoms with Gasteiger partial charge in [-0.25, -0.2) is 4.68 Å². The summed E-state index contributed by atoms with van der Waals surface area (Å²) in [5.74, 6) is 1.08. The van der Waals surface area contributed by atoms with Crippen molar-refractivity contribution < 1.29 is 4.79 Å². The highest BCUT2D eigenvalue weighted by Gasteiger charge is 2.31. The molecule has 1 aliphatic rings. The van der Waals surface area contributed by atoms with Crippen molar-refractivity contribution in [3.63, 3.8) is 0 Å². The predicted molar refractivity (Wildman–Crippen MR) is 117 cm³/mol. The molecule has 0 saturated heterocycles. The molecule has 5 nitrogen and oxygen atoms in total. The second kappa shape index (κ2) is 7.50. The maximum atomic E-state index is 12.9. The van der Waals surface area contributed by atoms with Crippen molar-refractivity contribution in [1.82, 2.24) is 19.2 Å². The number of benzene rings is 2. The zero-order chi connectivity index (χ0) is 20.7. The van der Waals surface area contributed by atoms with Crippen LogP contribution in [-0.2, 0) is 24.3 Å². The van der Waals surface area contributed by atoms with Crippen molar-refractivity contribution >= 4 is 17.5 Å². The van der Waals surface area contributed by atoms with E-state index in [2.05, 4.69) is 35.8 Å². The standard InChI is InChI=1S/C24H21ClN4O/c1-17-4-10-20(11-5-17)29-24(27-12-2-3-13-27)21-15-28(16-22(21)26-29)23(30)14-18-6-8-19(25)9-7-18/h2-13H,14-16H2,1H3. The Morgan fingerprint density at radius 2 is 1.70 bits per heavy atom. The molecular formula is C24H21ClN4O. The first-order valence-corrected chi connectivity index (χ1v) is 10.3. The van der Waals surface area contributed by atoms with Gasteiger partial charge in [-0.1, -0.05) is 41.4 Å². The molecule has 0 unspecified atom stereocenters. The highest BCUT2D eigenvalue weighted by molar-refractivity contribution is 6.30. The van der Waals surface area contributed by atoms with E-state index in [0.717, 1.165) is 28.3 Å². The molecule has 4 aromatic rings. The van der Waals surface area contributed by atoms with E-state index in [9.17, 15) is 4.79 Å². The topological polar surface area (TPSA) is 43.1 Å². The number of aromatic nitrogens is 3. The summed E-state index contributed by atoms with van der Waals surface area (Å²) in [6.45, 7) is 3.15. The molecule has 0 fully saturated rings. The molecule has 6 heteroatoms. The second-order valence-corrected chi connectivity index (χ2v) is 8.08. The van der Waals surface area contributed by atoms with Crippen LogP contribution in [0.2, 0.25) is 5.02 Å². The van der Waals surface area contributed by atoms with E-state index in [0.29, 0.717) is 24.5 Å². The highest BCUT2D eigenvalue weighted by atomic mass is 35.5. The lowest BCUT2D eigenvalue weighted by molar-refractivity contribution is -0.131. The molecule has 3 heterocycles. The number of nitrogens with zero attached hydrogens (tertiary/aromatic N) is 4. The molecule has 0 saturated carbocycles. The van der Waals surface area contributed by atoms with Gasteiger partial charge in [0.25, 0.3) is 0 Å².